The molecule has 0 saturated heterocycles. The van der Waals surface area contributed by atoms with Gasteiger partial charge in [-0.2, -0.15) is 4.98 Å². The van der Waals surface area contributed by atoms with Gasteiger partial charge in [-0.3, -0.25) is 9.78 Å². The van der Waals surface area contributed by atoms with Crippen LogP contribution in [0.15, 0.2) is 59.5 Å². The Morgan fingerprint density at radius 3 is 2.91 bits per heavy atom. The van der Waals surface area contributed by atoms with E-state index in [1.54, 1.807) is 50.0 Å². The number of aromatic nitrogens is 5. The first-order valence-electron chi connectivity index (χ1n) is 10.7. The molecule has 3 N–H and O–H groups in total. The number of hydrogen-bond donors (Lipinski definition) is 3. The van der Waals surface area contributed by atoms with E-state index in [-0.39, 0.29) is 18.3 Å². The molecule has 11 nitrogen and oxygen atoms in total. The van der Waals surface area contributed by atoms with E-state index in [0.29, 0.717) is 30.4 Å². The number of allylic oxidation sites excluding steroid dienone is 1. The number of carbonyl (C=O) groups excluding carboxylic acids is 1. The minimum Gasteiger partial charge on any atom is -0.491 e. The van der Waals surface area contributed by atoms with Crippen LogP contribution in [0.2, 0.25) is 0 Å². The first-order valence-corrected chi connectivity index (χ1v) is 10.7. The molecule has 11 heteroatoms. The van der Waals surface area contributed by atoms with Crippen molar-refractivity contribution in [2.24, 2.45) is 0 Å². The van der Waals surface area contributed by atoms with Crippen molar-refractivity contribution in [1.82, 2.24) is 30.4 Å². The van der Waals surface area contributed by atoms with Crippen LogP contribution in [-0.2, 0) is 11.3 Å². The molecule has 0 aliphatic rings. The van der Waals surface area contributed by atoms with Gasteiger partial charge in [0.25, 0.3) is 0 Å². The zero-order chi connectivity index (χ0) is 24.5. The summed E-state index contributed by atoms with van der Waals surface area (Å²) in [5.74, 6) is 0.752. The number of H-pyrrole nitrogens is 1. The van der Waals surface area contributed by atoms with Crippen LogP contribution in [0.1, 0.15) is 22.1 Å². The van der Waals surface area contributed by atoms with E-state index < -0.39 is 5.91 Å². The van der Waals surface area contributed by atoms with Crippen molar-refractivity contribution < 1.29 is 18.8 Å². The van der Waals surface area contributed by atoms with Gasteiger partial charge in [-0.1, -0.05) is 11.2 Å². The van der Waals surface area contributed by atoms with Crippen LogP contribution in [-0.4, -0.2) is 57.5 Å². The van der Waals surface area contributed by atoms with Gasteiger partial charge in [-0.25, -0.2) is 4.98 Å². The second-order valence-corrected chi connectivity index (χ2v) is 7.26. The highest BCUT2D eigenvalue weighted by molar-refractivity contribution is 5.90. The van der Waals surface area contributed by atoms with Crippen molar-refractivity contribution in [2.75, 3.05) is 20.3 Å². The lowest BCUT2D eigenvalue weighted by molar-refractivity contribution is 0.0907. The van der Waals surface area contributed by atoms with E-state index in [1.165, 1.54) is 6.21 Å². The highest BCUT2D eigenvalue weighted by Gasteiger charge is 2.18. The van der Waals surface area contributed by atoms with Gasteiger partial charge in [0.2, 0.25) is 5.82 Å². The third kappa shape index (κ3) is 6.24. The molecule has 0 bridgehead atoms. The molecule has 3 aromatic heterocycles. The molecule has 3 heterocycles. The molecule has 0 aliphatic carbocycles. The molecular formula is C24H23N7O4. The van der Waals surface area contributed by atoms with Gasteiger partial charge in [0.1, 0.15) is 18.2 Å². The van der Waals surface area contributed by atoms with E-state index in [2.05, 4.69) is 30.4 Å². The van der Waals surface area contributed by atoms with Gasteiger partial charge in [0, 0.05) is 43.4 Å². The fraction of sp³-hybridized carbons (Fsp3) is 0.167. The number of aromatic amines is 1. The molecule has 0 spiro atoms. The number of pyridine rings is 1. The number of benzene rings is 1. The standard InChI is InChI=1S/C24H23N7O4/c1-33-8-9-34-19-11-17(20-15-27-21(29-20)5-2-6-25)10-18(12-19)22-30-24(35-31-22)23(32)28-14-16-4-3-7-26-13-16/h2-7,10-13,15,25H,8-9,14H2,1H3,(H,27,29)(H,28,32)/b5-2-,25-6?. The normalized spacial score (nSPS) is 11.0. The number of methoxy groups -OCH3 is 1. The summed E-state index contributed by atoms with van der Waals surface area (Å²) in [5.41, 5.74) is 2.94. The highest BCUT2D eigenvalue weighted by atomic mass is 16.5. The Balaban J connectivity index is 1.57. The maximum absolute atomic E-state index is 12.5. The molecule has 178 valence electrons. The fourth-order valence-electron chi connectivity index (χ4n) is 3.11. The van der Waals surface area contributed by atoms with Crippen molar-refractivity contribution >= 4 is 18.2 Å². The first kappa shape index (κ1) is 23.5. The van der Waals surface area contributed by atoms with Gasteiger partial charge >= 0.3 is 11.8 Å². The molecule has 0 saturated carbocycles. The quantitative estimate of drug-likeness (QED) is 0.222. The minimum absolute atomic E-state index is 0.156. The van der Waals surface area contributed by atoms with Crippen LogP contribution in [0.4, 0.5) is 0 Å². The lowest BCUT2D eigenvalue weighted by atomic mass is 10.1. The Hall–Kier alpha value is -4.64. The van der Waals surface area contributed by atoms with Crippen LogP contribution in [0.25, 0.3) is 28.7 Å². The van der Waals surface area contributed by atoms with Gasteiger partial charge < -0.3 is 29.7 Å². The maximum Gasteiger partial charge on any atom is 0.316 e. The Bertz CT molecular complexity index is 1310. The van der Waals surface area contributed by atoms with E-state index >= 15 is 0 Å². The molecule has 0 fully saturated rings. The Kier molecular flexibility index (Phi) is 7.71. The average Bonchev–Trinajstić information content (AvgIpc) is 3.57. The van der Waals surface area contributed by atoms with Crippen LogP contribution >= 0.6 is 0 Å². The molecule has 0 radical (unpaired) electrons. The highest BCUT2D eigenvalue weighted by Crippen LogP contribution is 2.30. The predicted molar refractivity (Wildman–Crippen MR) is 128 cm³/mol. The number of hydrogen-bond acceptors (Lipinski definition) is 9. The summed E-state index contributed by atoms with van der Waals surface area (Å²) < 4.78 is 16.1. The van der Waals surface area contributed by atoms with Crippen molar-refractivity contribution in [3.8, 4) is 28.4 Å². The summed E-state index contributed by atoms with van der Waals surface area (Å²) in [5, 5.41) is 13.8. The largest absolute Gasteiger partial charge is 0.491 e. The summed E-state index contributed by atoms with van der Waals surface area (Å²) in [4.78, 5) is 28.2. The summed E-state index contributed by atoms with van der Waals surface area (Å²) in [7, 11) is 1.60. The average molecular weight is 473 g/mol. The lowest BCUT2D eigenvalue weighted by Gasteiger charge is -2.09. The van der Waals surface area contributed by atoms with Gasteiger partial charge in [0.15, 0.2) is 0 Å². The molecule has 0 unspecified atom stereocenters. The molecule has 1 aromatic carbocycles. The maximum atomic E-state index is 12.5. The summed E-state index contributed by atoms with van der Waals surface area (Å²) in [6.07, 6.45) is 9.43. The number of imidazole rings is 1. The molecule has 35 heavy (non-hydrogen) atoms. The van der Waals surface area contributed by atoms with E-state index in [9.17, 15) is 4.79 Å². The number of amides is 1. The molecular weight excluding hydrogens is 450 g/mol. The topological polar surface area (TPSA) is 152 Å². The number of rotatable bonds is 11. The smallest absolute Gasteiger partial charge is 0.316 e. The second-order valence-electron chi connectivity index (χ2n) is 7.26. The predicted octanol–water partition coefficient (Wildman–Crippen LogP) is 3.14. The van der Waals surface area contributed by atoms with Crippen LogP contribution in [0.5, 0.6) is 5.75 Å². The molecule has 4 rings (SSSR count). The van der Waals surface area contributed by atoms with Crippen LogP contribution < -0.4 is 10.1 Å². The molecule has 1 amide bonds. The number of ether oxygens (including phenoxy) is 2. The third-order valence-corrected chi connectivity index (χ3v) is 4.77. The van der Waals surface area contributed by atoms with Crippen molar-refractivity contribution in [1.29, 1.82) is 5.41 Å². The zero-order valence-electron chi connectivity index (χ0n) is 18.9. The van der Waals surface area contributed by atoms with Crippen molar-refractivity contribution in [3.05, 3.63) is 72.3 Å². The monoisotopic (exact) mass is 473 g/mol. The molecule has 0 atom stereocenters. The Morgan fingerprint density at radius 1 is 1.23 bits per heavy atom. The van der Waals surface area contributed by atoms with Crippen LogP contribution in [0.3, 0.4) is 0 Å². The number of nitrogens with one attached hydrogen (secondary N) is 3. The molecule has 0 aliphatic heterocycles. The summed E-state index contributed by atoms with van der Waals surface area (Å²) >= 11 is 0. The Labute approximate surface area is 200 Å². The van der Waals surface area contributed by atoms with Gasteiger partial charge in [0.05, 0.1) is 18.5 Å². The van der Waals surface area contributed by atoms with Crippen molar-refractivity contribution in [3.63, 3.8) is 0 Å². The van der Waals surface area contributed by atoms with E-state index in [4.69, 9.17) is 19.4 Å². The number of nitrogens with zero attached hydrogens (tertiary/aromatic N) is 4. The van der Waals surface area contributed by atoms with E-state index in [0.717, 1.165) is 16.8 Å². The first-order chi connectivity index (χ1) is 17.2. The molecule has 4 aromatic rings. The minimum atomic E-state index is -0.489. The van der Waals surface area contributed by atoms with Gasteiger partial charge in [-0.05, 0) is 42.0 Å². The third-order valence-electron chi connectivity index (χ3n) is 4.77. The van der Waals surface area contributed by atoms with Crippen molar-refractivity contribution in [2.45, 2.75) is 6.54 Å². The van der Waals surface area contributed by atoms with Crippen LogP contribution in [0, 0.1) is 5.41 Å². The summed E-state index contributed by atoms with van der Waals surface area (Å²) in [6, 6.07) is 9.08. The van der Waals surface area contributed by atoms with E-state index in [1.807, 2.05) is 18.2 Å². The SMILES string of the molecule is COCCOc1cc(-c2noc(C(=O)NCc3cccnc3)n2)cc(-c2cnc(/C=C\C=N)[nH]2)c1. The summed E-state index contributed by atoms with van der Waals surface area (Å²) in [6.45, 7) is 1.06. The zero-order valence-corrected chi connectivity index (χ0v) is 18.9. The lowest BCUT2D eigenvalue weighted by Crippen LogP contribution is -2.23. The Morgan fingerprint density at radius 2 is 2.11 bits per heavy atom. The number of carbonyl (C=O) groups is 1. The van der Waals surface area contributed by atoms with Gasteiger partial charge in [-0.15, -0.1) is 0 Å². The fourth-order valence-corrected chi connectivity index (χ4v) is 3.11. The second kappa shape index (κ2) is 11.5.